The molecule has 1 aromatic carbocycles. The molecular formula is C18H21N3O2S. The van der Waals surface area contributed by atoms with Gasteiger partial charge in [0.25, 0.3) is 0 Å². The summed E-state index contributed by atoms with van der Waals surface area (Å²) in [7, 11) is -3.69. The fourth-order valence-corrected chi connectivity index (χ4v) is 5.31. The van der Waals surface area contributed by atoms with Gasteiger partial charge in [0.05, 0.1) is 16.5 Å². The molecule has 0 unspecified atom stereocenters. The van der Waals surface area contributed by atoms with Gasteiger partial charge >= 0.3 is 0 Å². The molecule has 1 fully saturated rings. The molecule has 0 aliphatic heterocycles. The lowest BCUT2D eigenvalue weighted by atomic mass is 10.1. The van der Waals surface area contributed by atoms with E-state index >= 15 is 0 Å². The highest BCUT2D eigenvalue weighted by Gasteiger charge is 2.39. The fourth-order valence-electron chi connectivity index (χ4n) is 3.21. The molecule has 6 heteroatoms. The first kappa shape index (κ1) is 16.9. The van der Waals surface area contributed by atoms with Gasteiger partial charge in [-0.3, -0.25) is 4.98 Å². The average molecular weight is 343 g/mol. The lowest BCUT2D eigenvalue weighted by Crippen LogP contribution is -2.40. The van der Waals surface area contributed by atoms with Crippen molar-refractivity contribution in [2.45, 2.75) is 44.0 Å². The number of hydrogen-bond acceptors (Lipinski definition) is 4. The Kier molecular flexibility index (Phi) is 4.57. The van der Waals surface area contributed by atoms with E-state index in [4.69, 9.17) is 5.26 Å². The molecule has 5 nitrogen and oxygen atoms in total. The predicted octanol–water partition coefficient (Wildman–Crippen LogP) is 3.25. The topological polar surface area (TPSA) is 74.1 Å². The summed E-state index contributed by atoms with van der Waals surface area (Å²) < 4.78 is 28.4. The van der Waals surface area contributed by atoms with Crippen molar-refractivity contribution in [1.29, 1.82) is 5.26 Å². The summed E-state index contributed by atoms with van der Waals surface area (Å²) in [6.07, 6.45) is 3.96. The van der Waals surface area contributed by atoms with Gasteiger partial charge in [0.15, 0.2) is 0 Å². The van der Waals surface area contributed by atoms with Crippen LogP contribution in [0.3, 0.4) is 0 Å². The molecule has 0 radical (unpaired) electrons. The zero-order valence-corrected chi connectivity index (χ0v) is 14.8. The highest BCUT2D eigenvalue weighted by atomic mass is 32.2. The number of rotatable bonds is 6. The first-order chi connectivity index (χ1) is 11.5. The van der Waals surface area contributed by atoms with Crippen molar-refractivity contribution >= 4 is 20.9 Å². The van der Waals surface area contributed by atoms with Crippen molar-refractivity contribution in [2.24, 2.45) is 5.92 Å². The van der Waals surface area contributed by atoms with E-state index in [9.17, 15) is 8.42 Å². The Morgan fingerprint density at radius 1 is 1.38 bits per heavy atom. The minimum absolute atomic E-state index is 0.0883. The highest BCUT2D eigenvalue weighted by molar-refractivity contribution is 7.89. The fraction of sp³-hybridized carbons (Fsp3) is 0.444. The zero-order valence-electron chi connectivity index (χ0n) is 13.9. The molecule has 1 aliphatic carbocycles. The summed E-state index contributed by atoms with van der Waals surface area (Å²) in [5, 5.41) is 9.57. The van der Waals surface area contributed by atoms with Crippen molar-refractivity contribution in [3.05, 3.63) is 36.0 Å². The zero-order chi connectivity index (χ0) is 17.3. The third-order valence-electron chi connectivity index (χ3n) is 4.70. The Labute approximate surface area is 143 Å². The predicted molar refractivity (Wildman–Crippen MR) is 92.8 cm³/mol. The molecule has 126 valence electrons. The Morgan fingerprint density at radius 3 is 2.79 bits per heavy atom. The number of hydrogen-bond donors (Lipinski definition) is 0. The van der Waals surface area contributed by atoms with E-state index in [1.54, 1.807) is 24.4 Å². The number of aryl methyl sites for hydroxylation is 1. The normalized spacial score (nSPS) is 16.2. The molecule has 0 amide bonds. The van der Waals surface area contributed by atoms with Crippen molar-refractivity contribution in [3.63, 3.8) is 0 Å². The third kappa shape index (κ3) is 3.02. The minimum atomic E-state index is -3.69. The molecule has 2 aromatic rings. The van der Waals surface area contributed by atoms with Crippen LogP contribution in [0.15, 0.2) is 35.4 Å². The van der Waals surface area contributed by atoms with Gasteiger partial charge in [0, 0.05) is 30.6 Å². The van der Waals surface area contributed by atoms with Crippen LogP contribution in [0.25, 0.3) is 10.9 Å². The molecule has 3 rings (SSSR count). The Morgan fingerprint density at radius 2 is 2.12 bits per heavy atom. The van der Waals surface area contributed by atoms with Crippen LogP contribution >= 0.6 is 0 Å². The maximum Gasteiger partial charge on any atom is 0.244 e. The van der Waals surface area contributed by atoms with Crippen LogP contribution in [0.2, 0.25) is 0 Å². The highest BCUT2D eigenvalue weighted by Crippen LogP contribution is 2.38. The van der Waals surface area contributed by atoms with Crippen LogP contribution < -0.4 is 0 Å². The quantitative estimate of drug-likeness (QED) is 0.807. The molecule has 0 bridgehead atoms. The molecule has 1 aromatic heterocycles. The Balaban J connectivity index is 2.14. The number of benzene rings is 1. The molecule has 0 N–H and O–H groups in total. The maximum absolute atomic E-state index is 13.4. The minimum Gasteiger partial charge on any atom is -0.256 e. The smallest absolute Gasteiger partial charge is 0.244 e. The van der Waals surface area contributed by atoms with Gasteiger partial charge < -0.3 is 0 Å². The number of fused-ring (bicyclic) bond motifs is 1. The summed E-state index contributed by atoms with van der Waals surface area (Å²) in [4.78, 5) is 4.59. The molecular weight excluding hydrogens is 322 g/mol. The average Bonchev–Trinajstić information content (AvgIpc) is 3.39. The largest absolute Gasteiger partial charge is 0.256 e. The van der Waals surface area contributed by atoms with Gasteiger partial charge in [-0.05, 0) is 56.4 Å². The second-order valence-corrected chi connectivity index (χ2v) is 8.21. The Hall–Kier alpha value is -1.97. The number of aromatic nitrogens is 1. The molecule has 1 aliphatic rings. The SMILES string of the molecule is Cc1ccc2ncccc2c1S(=O)(=O)N(CCC#N)[C@H](C)C1CC1. The summed E-state index contributed by atoms with van der Waals surface area (Å²) >= 11 is 0. The van der Waals surface area contributed by atoms with E-state index < -0.39 is 10.0 Å². The van der Waals surface area contributed by atoms with E-state index in [-0.39, 0.29) is 19.0 Å². The number of pyridine rings is 1. The monoisotopic (exact) mass is 343 g/mol. The van der Waals surface area contributed by atoms with E-state index in [1.807, 2.05) is 19.9 Å². The van der Waals surface area contributed by atoms with Crippen LogP contribution in [0.1, 0.15) is 31.7 Å². The van der Waals surface area contributed by atoms with Gasteiger partial charge in [-0.2, -0.15) is 9.57 Å². The van der Waals surface area contributed by atoms with Crippen LogP contribution in [-0.4, -0.2) is 30.3 Å². The standard InChI is InChI=1S/C18H21N3O2S/c1-13-6-9-17-16(5-3-11-20-17)18(13)24(22,23)21(12-4-10-19)14(2)15-7-8-15/h3,5-6,9,11,14-15H,4,7-8,12H2,1-2H3/t14-/m1/s1. The van der Waals surface area contributed by atoms with Crippen LogP contribution in [0.5, 0.6) is 0 Å². The summed E-state index contributed by atoms with van der Waals surface area (Å²) in [5.74, 6) is 0.395. The van der Waals surface area contributed by atoms with Crippen molar-refractivity contribution in [3.8, 4) is 6.07 Å². The van der Waals surface area contributed by atoms with Gasteiger partial charge in [0.1, 0.15) is 0 Å². The molecule has 0 saturated heterocycles. The van der Waals surface area contributed by atoms with Gasteiger partial charge in [-0.25, -0.2) is 8.42 Å². The van der Waals surface area contributed by atoms with Crippen LogP contribution in [0, 0.1) is 24.2 Å². The second kappa shape index (κ2) is 6.50. The third-order valence-corrected chi connectivity index (χ3v) is 6.89. The molecule has 1 saturated carbocycles. The summed E-state index contributed by atoms with van der Waals surface area (Å²) in [6, 6.07) is 9.17. The lowest BCUT2D eigenvalue weighted by molar-refractivity contribution is 0.314. The molecule has 1 heterocycles. The van der Waals surface area contributed by atoms with Crippen molar-refractivity contribution in [1.82, 2.24) is 9.29 Å². The van der Waals surface area contributed by atoms with Crippen LogP contribution in [0.4, 0.5) is 0 Å². The first-order valence-electron chi connectivity index (χ1n) is 8.20. The van der Waals surface area contributed by atoms with E-state index in [2.05, 4.69) is 11.1 Å². The van der Waals surface area contributed by atoms with Gasteiger partial charge in [-0.1, -0.05) is 6.07 Å². The Bertz CT molecular complexity index is 898. The van der Waals surface area contributed by atoms with Gasteiger partial charge in [0.2, 0.25) is 10.0 Å². The number of nitrogens with zero attached hydrogens (tertiary/aromatic N) is 3. The van der Waals surface area contributed by atoms with E-state index in [0.717, 1.165) is 12.8 Å². The summed E-state index contributed by atoms with van der Waals surface area (Å²) in [6.45, 7) is 3.99. The first-order valence-corrected chi connectivity index (χ1v) is 9.64. The summed E-state index contributed by atoms with van der Waals surface area (Å²) in [5.41, 5.74) is 1.38. The maximum atomic E-state index is 13.4. The molecule has 0 spiro atoms. The van der Waals surface area contributed by atoms with E-state index in [1.165, 1.54) is 4.31 Å². The van der Waals surface area contributed by atoms with Crippen molar-refractivity contribution < 1.29 is 8.42 Å². The van der Waals surface area contributed by atoms with Crippen molar-refractivity contribution in [2.75, 3.05) is 6.54 Å². The number of nitriles is 1. The van der Waals surface area contributed by atoms with Gasteiger partial charge in [-0.15, -0.1) is 0 Å². The molecule has 1 atom stereocenters. The van der Waals surface area contributed by atoms with Crippen LogP contribution in [-0.2, 0) is 10.0 Å². The second-order valence-electron chi connectivity index (χ2n) is 6.38. The van der Waals surface area contributed by atoms with E-state index in [0.29, 0.717) is 27.3 Å². The number of sulfonamides is 1. The molecule has 24 heavy (non-hydrogen) atoms. The lowest BCUT2D eigenvalue weighted by Gasteiger charge is -2.29.